The summed E-state index contributed by atoms with van der Waals surface area (Å²) in [6, 6.07) is -5.35. The van der Waals surface area contributed by atoms with E-state index in [0.29, 0.717) is 6.42 Å². The van der Waals surface area contributed by atoms with Crippen LogP contribution >= 0.6 is 0 Å². The van der Waals surface area contributed by atoms with E-state index in [-0.39, 0.29) is 25.8 Å². The van der Waals surface area contributed by atoms with Crippen molar-refractivity contribution in [1.82, 2.24) is 15.5 Å². The average molecular weight is 445 g/mol. The highest BCUT2D eigenvalue weighted by Crippen LogP contribution is 2.20. The van der Waals surface area contributed by atoms with Crippen LogP contribution in [-0.4, -0.2) is 93.1 Å². The number of hydrogen-bond acceptors (Lipinski definition) is 8. The fourth-order valence-corrected chi connectivity index (χ4v) is 3.06. The molecule has 1 aliphatic heterocycles. The van der Waals surface area contributed by atoms with E-state index in [9.17, 15) is 28.8 Å². The standard InChI is InChI=1S/C17H27N5O9/c18-8(6-13(25)26)14(27)20-9(3-4-12(19)24)16(29)22-5-1-2-11(22)15(28)21-10(7-23)17(30)31/h8-11,23H,1-7,18H2,(H2,19,24)(H,20,27)(H,21,28)(H,25,26)(H,30,31). The van der Waals surface area contributed by atoms with Crippen LogP contribution in [0.2, 0.25) is 0 Å². The summed E-state index contributed by atoms with van der Waals surface area (Å²) in [5.74, 6) is -5.98. The number of carboxylic acid groups (broad SMARTS) is 2. The molecule has 1 rings (SSSR count). The molecule has 0 aromatic rings. The maximum absolute atomic E-state index is 13.0. The fraction of sp³-hybridized carbons (Fsp3) is 0.647. The lowest BCUT2D eigenvalue weighted by Gasteiger charge is -2.29. The molecule has 0 bridgehead atoms. The molecule has 0 spiro atoms. The first-order valence-corrected chi connectivity index (χ1v) is 9.48. The summed E-state index contributed by atoms with van der Waals surface area (Å²) < 4.78 is 0. The molecule has 0 aliphatic carbocycles. The minimum atomic E-state index is -1.55. The SMILES string of the molecule is NC(=O)CCC(NC(=O)C(N)CC(=O)O)C(=O)N1CCCC1C(=O)NC(CO)C(=O)O. The molecule has 4 amide bonds. The summed E-state index contributed by atoms with van der Waals surface area (Å²) in [6.07, 6.45) is -0.546. The van der Waals surface area contributed by atoms with Crippen LogP contribution in [-0.2, 0) is 28.8 Å². The molecule has 4 unspecified atom stereocenters. The Hall–Kier alpha value is -3.26. The lowest BCUT2D eigenvalue weighted by atomic mass is 10.1. The van der Waals surface area contributed by atoms with Gasteiger partial charge in [0.15, 0.2) is 0 Å². The largest absolute Gasteiger partial charge is 0.481 e. The first-order chi connectivity index (χ1) is 14.5. The number of aliphatic hydroxyl groups excluding tert-OH is 1. The molecular formula is C17H27N5O9. The molecule has 31 heavy (non-hydrogen) atoms. The van der Waals surface area contributed by atoms with E-state index in [2.05, 4.69) is 10.6 Å². The number of carboxylic acids is 2. The Morgan fingerprint density at radius 1 is 1.06 bits per heavy atom. The number of nitrogens with one attached hydrogen (secondary N) is 2. The molecule has 9 N–H and O–H groups in total. The van der Waals surface area contributed by atoms with Gasteiger partial charge in [0.1, 0.15) is 18.1 Å². The molecule has 1 saturated heterocycles. The summed E-state index contributed by atoms with van der Waals surface area (Å²) in [5.41, 5.74) is 10.6. The molecule has 0 radical (unpaired) electrons. The van der Waals surface area contributed by atoms with E-state index >= 15 is 0 Å². The van der Waals surface area contributed by atoms with Gasteiger partial charge in [-0.1, -0.05) is 0 Å². The zero-order valence-electron chi connectivity index (χ0n) is 16.7. The van der Waals surface area contributed by atoms with Crippen molar-refractivity contribution < 1.29 is 44.1 Å². The summed E-state index contributed by atoms with van der Waals surface area (Å²) >= 11 is 0. The second-order valence-electron chi connectivity index (χ2n) is 7.04. The van der Waals surface area contributed by atoms with Crippen molar-refractivity contribution in [3.05, 3.63) is 0 Å². The highest BCUT2D eigenvalue weighted by molar-refractivity contribution is 5.95. The number of carbonyl (C=O) groups is 6. The maximum atomic E-state index is 13.0. The van der Waals surface area contributed by atoms with Crippen LogP contribution in [0.4, 0.5) is 0 Å². The highest BCUT2D eigenvalue weighted by Gasteiger charge is 2.39. The second kappa shape index (κ2) is 11.8. The second-order valence-corrected chi connectivity index (χ2v) is 7.04. The van der Waals surface area contributed by atoms with Crippen LogP contribution in [0, 0.1) is 0 Å². The van der Waals surface area contributed by atoms with Crippen LogP contribution in [0.3, 0.4) is 0 Å². The number of rotatable bonds is 12. The van der Waals surface area contributed by atoms with Crippen molar-refractivity contribution in [2.75, 3.05) is 13.2 Å². The maximum Gasteiger partial charge on any atom is 0.328 e. The van der Waals surface area contributed by atoms with E-state index in [1.54, 1.807) is 0 Å². The lowest BCUT2D eigenvalue weighted by molar-refractivity contribution is -0.145. The average Bonchev–Trinajstić information content (AvgIpc) is 3.17. The van der Waals surface area contributed by atoms with Gasteiger partial charge >= 0.3 is 11.9 Å². The van der Waals surface area contributed by atoms with E-state index in [4.69, 9.17) is 26.8 Å². The van der Waals surface area contributed by atoms with Gasteiger partial charge in [0.05, 0.1) is 19.1 Å². The van der Waals surface area contributed by atoms with Gasteiger partial charge in [-0.2, -0.15) is 0 Å². The molecule has 14 heteroatoms. The van der Waals surface area contributed by atoms with Crippen LogP contribution in [0.25, 0.3) is 0 Å². The molecule has 0 aromatic heterocycles. The van der Waals surface area contributed by atoms with E-state index in [0.717, 1.165) is 4.90 Å². The molecule has 1 aliphatic rings. The van der Waals surface area contributed by atoms with Gasteiger partial charge in [-0.05, 0) is 19.3 Å². The zero-order valence-corrected chi connectivity index (χ0v) is 16.7. The van der Waals surface area contributed by atoms with Crippen molar-refractivity contribution in [3.8, 4) is 0 Å². The Kier molecular flexibility index (Phi) is 9.82. The summed E-state index contributed by atoms with van der Waals surface area (Å²) in [5, 5.41) is 31.2. The van der Waals surface area contributed by atoms with E-state index < -0.39 is 72.8 Å². The Balaban J connectivity index is 2.96. The highest BCUT2D eigenvalue weighted by atomic mass is 16.4. The van der Waals surface area contributed by atoms with Crippen LogP contribution in [0.1, 0.15) is 32.1 Å². The predicted octanol–water partition coefficient (Wildman–Crippen LogP) is -3.91. The quantitative estimate of drug-likeness (QED) is 0.154. The lowest BCUT2D eigenvalue weighted by Crippen LogP contribution is -2.57. The van der Waals surface area contributed by atoms with E-state index in [1.807, 2.05) is 0 Å². The van der Waals surface area contributed by atoms with Crippen molar-refractivity contribution in [3.63, 3.8) is 0 Å². The Bertz CT molecular complexity index is 729. The number of likely N-dealkylation sites (tertiary alicyclic amines) is 1. The van der Waals surface area contributed by atoms with Gasteiger partial charge in [-0.3, -0.25) is 24.0 Å². The van der Waals surface area contributed by atoms with Crippen LogP contribution in [0.15, 0.2) is 0 Å². The number of hydrogen-bond donors (Lipinski definition) is 7. The van der Waals surface area contributed by atoms with Gasteiger partial charge in [0.2, 0.25) is 23.6 Å². The molecule has 174 valence electrons. The third-order valence-electron chi connectivity index (χ3n) is 4.66. The molecule has 1 fully saturated rings. The zero-order chi connectivity index (χ0) is 23.7. The summed E-state index contributed by atoms with van der Waals surface area (Å²) in [7, 11) is 0. The van der Waals surface area contributed by atoms with Crippen molar-refractivity contribution in [2.24, 2.45) is 11.5 Å². The monoisotopic (exact) mass is 445 g/mol. The van der Waals surface area contributed by atoms with Gasteiger partial charge in [-0.15, -0.1) is 0 Å². The Labute approximate surface area is 176 Å². The number of carbonyl (C=O) groups excluding carboxylic acids is 4. The van der Waals surface area contributed by atoms with Gasteiger partial charge < -0.3 is 42.3 Å². The molecule has 0 aromatic carbocycles. The fourth-order valence-electron chi connectivity index (χ4n) is 3.06. The summed E-state index contributed by atoms with van der Waals surface area (Å²) in [6.45, 7) is -0.724. The first-order valence-electron chi connectivity index (χ1n) is 9.48. The molecule has 4 atom stereocenters. The number of nitrogens with two attached hydrogens (primary N) is 2. The smallest absolute Gasteiger partial charge is 0.328 e. The van der Waals surface area contributed by atoms with Gasteiger partial charge in [-0.25, -0.2) is 4.79 Å². The number of nitrogens with zero attached hydrogens (tertiary/aromatic N) is 1. The molecule has 0 saturated carbocycles. The van der Waals surface area contributed by atoms with Gasteiger partial charge in [0.25, 0.3) is 0 Å². The minimum absolute atomic E-state index is 0.123. The predicted molar refractivity (Wildman–Crippen MR) is 102 cm³/mol. The van der Waals surface area contributed by atoms with Crippen molar-refractivity contribution in [2.45, 2.75) is 56.3 Å². The Morgan fingerprint density at radius 3 is 2.23 bits per heavy atom. The topological polar surface area (TPSA) is 242 Å². The number of amides is 4. The minimum Gasteiger partial charge on any atom is -0.481 e. The third kappa shape index (κ3) is 7.82. The summed E-state index contributed by atoms with van der Waals surface area (Å²) in [4.78, 5) is 71.6. The normalized spacial score (nSPS) is 18.5. The number of aliphatic carboxylic acids is 2. The third-order valence-corrected chi connectivity index (χ3v) is 4.66. The van der Waals surface area contributed by atoms with Crippen LogP contribution < -0.4 is 22.1 Å². The van der Waals surface area contributed by atoms with Crippen molar-refractivity contribution >= 4 is 35.6 Å². The Morgan fingerprint density at radius 2 is 1.71 bits per heavy atom. The number of aliphatic hydroxyl groups is 1. The number of primary amides is 1. The van der Waals surface area contributed by atoms with E-state index in [1.165, 1.54) is 0 Å². The van der Waals surface area contributed by atoms with Crippen molar-refractivity contribution in [1.29, 1.82) is 0 Å². The molecule has 14 nitrogen and oxygen atoms in total. The van der Waals surface area contributed by atoms with Gasteiger partial charge in [0, 0.05) is 13.0 Å². The molecular weight excluding hydrogens is 418 g/mol. The first kappa shape index (κ1) is 25.8. The molecule has 1 heterocycles. The van der Waals surface area contributed by atoms with Crippen LogP contribution in [0.5, 0.6) is 0 Å².